The van der Waals surface area contributed by atoms with Crippen LogP contribution < -0.4 is 0 Å². The van der Waals surface area contributed by atoms with Crippen molar-refractivity contribution in [2.24, 2.45) is 44.8 Å². The van der Waals surface area contributed by atoms with E-state index in [4.69, 9.17) is 28.4 Å². The van der Waals surface area contributed by atoms with Gasteiger partial charge in [-0.05, 0) is 117 Å². The minimum atomic E-state index is -1.62. The Morgan fingerprint density at radius 1 is 0.793 bits per heavy atom. The highest BCUT2D eigenvalue weighted by Gasteiger charge is 2.85. The zero-order chi connectivity index (χ0) is 42.3. The van der Waals surface area contributed by atoms with Crippen molar-refractivity contribution in [1.29, 1.82) is 0 Å². The summed E-state index contributed by atoms with van der Waals surface area (Å²) >= 11 is 0. The van der Waals surface area contributed by atoms with E-state index in [1.54, 1.807) is 13.8 Å². The first kappa shape index (κ1) is 43.6. The second-order valence-electron chi connectivity index (χ2n) is 21.6. The Kier molecular flexibility index (Phi) is 10.7. The molecular formula is C43H70O15. The standard InChI is InChI=1S/C43H70O15/c1-20(45)54-32-28(48)22(47)18-53-36(32)57-26-10-12-43-19-42(43)14-13-39(6)33(41(8)11-9-27(58-41)38(4,5)52)21(46)16-40(39,7)25(42)15-23(34(43)37(26,2)3)55-35-31(51)30(50)29(49)24(17-44)56-35/h21-36,44,46-52H,9-19H2,1-8H3/t21-,22+,23-,24+,25-,26-,27-,28-,29+,30-,31+,32+,33-,34-,35+,36-,39+,40-,41+,42-,43+/m0/s1. The molecule has 8 N–H and O–H groups in total. The molecule has 0 unspecified atom stereocenters. The Hall–Kier alpha value is -1.05. The Morgan fingerprint density at radius 2 is 1.50 bits per heavy atom. The van der Waals surface area contributed by atoms with Gasteiger partial charge in [-0.25, -0.2) is 0 Å². The third-order valence-electron chi connectivity index (χ3n) is 17.9. The first-order chi connectivity index (χ1) is 26.9. The van der Waals surface area contributed by atoms with Crippen LogP contribution in [0.25, 0.3) is 0 Å². The fraction of sp³-hybridized carbons (Fsp3) is 0.977. The molecule has 58 heavy (non-hydrogen) atoms. The van der Waals surface area contributed by atoms with E-state index in [2.05, 4.69) is 34.6 Å². The fourth-order valence-corrected chi connectivity index (χ4v) is 15.2. The van der Waals surface area contributed by atoms with E-state index in [-0.39, 0.29) is 52.1 Å². The van der Waals surface area contributed by atoms with Gasteiger partial charge in [0.2, 0.25) is 0 Å². The van der Waals surface area contributed by atoms with Gasteiger partial charge in [0.05, 0.1) is 48.8 Å². The molecule has 8 fully saturated rings. The molecule has 0 aromatic carbocycles. The molecule has 3 saturated heterocycles. The Labute approximate surface area is 341 Å². The monoisotopic (exact) mass is 826 g/mol. The lowest BCUT2D eigenvalue weighted by atomic mass is 9.41. The maximum absolute atomic E-state index is 12.2. The van der Waals surface area contributed by atoms with Gasteiger partial charge < -0.3 is 69.3 Å². The summed E-state index contributed by atoms with van der Waals surface area (Å²) in [5.41, 5.74) is -3.32. The number of fused-ring (bicyclic) bond motifs is 2. The molecular weight excluding hydrogens is 756 g/mol. The predicted molar refractivity (Wildman–Crippen MR) is 203 cm³/mol. The molecule has 0 radical (unpaired) electrons. The van der Waals surface area contributed by atoms with Crippen molar-refractivity contribution >= 4 is 5.97 Å². The fourth-order valence-electron chi connectivity index (χ4n) is 15.2. The lowest BCUT2D eigenvalue weighted by Gasteiger charge is -2.65. The average Bonchev–Trinajstić information content (AvgIpc) is 3.50. The van der Waals surface area contributed by atoms with Crippen LogP contribution in [0, 0.1) is 44.8 Å². The van der Waals surface area contributed by atoms with Gasteiger partial charge in [-0.15, -0.1) is 0 Å². The Balaban J connectivity index is 1.15. The lowest BCUT2D eigenvalue weighted by molar-refractivity contribution is -0.339. The third-order valence-corrected chi connectivity index (χ3v) is 17.9. The summed E-state index contributed by atoms with van der Waals surface area (Å²) in [4.78, 5) is 12.1. The number of ether oxygens (including phenoxy) is 6. The Morgan fingerprint density at radius 3 is 2.14 bits per heavy atom. The quantitative estimate of drug-likeness (QED) is 0.127. The van der Waals surface area contributed by atoms with Crippen molar-refractivity contribution in [1.82, 2.24) is 0 Å². The van der Waals surface area contributed by atoms with Gasteiger partial charge in [-0.3, -0.25) is 4.79 Å². The first-order valence-electron chi connectivity index (χ1n) is 21.8. The first-order valence-corrected chi connectivity index (χ1v) is 21.8. The molecule has 15 nitrogen and oxygen atoms in total. The lowest BCUT2D eigenvalue weighted by Crippen LogP contribution is -2.65. The molecule has 8 aliphatic rings. The van der Waals surface area contributed by atoms with Crippen molar-refractivity contribution in [3.8, 4) is 0 Å². The van der Waals surface area contributed by atoms with E-state index in [0.717, 1.165) is 32.1 Å². The summed E-state index contributed by atoms with van der Waals surface area (Å²) in [6.45, 7) is 15.0. The smallest absolute Gasteiger partial charge is 0.303 e. The van der Waals surface area contributed by atoms with Crippen molar-refractivity contribution in [2.45, 2.75) is 204 Å². The van der Waals surface area contributed by atoms with Crippen LogP contribution in [-0.4, -0.2) is 151 Å². The van der Waals surface area contributed by atoms with Crippen molar-refractivity contribution in [3.63, 3.8) is 0 Å². The van der Waals surface area contributed by atoms with Crippen LogP contribution >= 0.6 is 0 Å². The zero-order valence-corrected chi connectivity index (χ0v) is 35.5. The molecule has 0 aromatic heterocycles. The SMILES string of the molecule is CC(=O)O[C@H]1[C@H](O[C@H]2CC[C@]34C[C@]35CC[C@]3(C)[C@@H]([C@@]6(C)CC[C@@H](C(C)(C)O)O6)[C@@H](O)C[C@@]3(C)[C@@H]5C[C@H](O[C@@H]3O[C@H](CO)[C@@H](O)[C@H](O)[C@H]3O)[C@H]4C2(C)C)OC[C@@H](O)[C@@H]1O. The minimum absolute atomic E-state index is 0.0829. The van der Waals surface area contributed by atoms with Crippen molar-refractivity contribution in [2.75, 3.05) is 13.2 Å². The summed E-state index contributed by atoms with van der Waals surface area (Å²) in [5, 5.41) is 87.3. The van der Waals surface area contributed by atoms with Gasteiger partial charge in [-0.1, -0.05) is 27.7 Å². The number of rotatable bonds is 8. The van der Waals surface area contributed by atoms with Crippen LogP contribution in [0.5, 0.6) is 0 Å². The van der Waals surface area contributed by atoms with Crippen molar-refractivity contribution < 1.29 is 74.1 Å². The van der Waals surface area contributed by atoms with Crippen LogP contribution in [0.4, 0.5) is 0 Å². The van der Waals surface area contributed by atoms with E-state index >= 15 is 0 Å². The molecule has 15 heteroatoms. The van der Waals surface area contributed by atoms with Gasteiger partial charge >= 0.3 is 5.97 Å². The number of esters is 1. The molecule has 332 valence electrons. The number of aliphatic hydroxyl groups excluding tert-OH is 7. The van der Waals surface area contributed by atoms with Gasteiger partial charge in [0, 0.05) is 12.8 Å². The second-order valence-corrected chi connectivity index (χ2v) is 21.6. The van der Waals surface area contributed by atoms with Crippen LogP contribution in [0.1, 0.15) is 113 Å². The molecule has 2 spiro atoms. The molecule has 3 heterocycles. The van der Waals surface area contributed by atoms with Crippen LogP contribution in [0.15, 0.2) is 0 Å². The summed E-state index contributed by atoms with van der Waals surface area (Å²) in [7, 11) is 0. The van der Waals surface area contributed by atoms with Crippen molar-refractivity contribution in [3.05, 3.63) is 0 Å². The molecule has 0 bridgehead atoms. The maximum atomic E-state index is 12.2. The molecule has 5 aliphatic carbocycles. The maximum Gasteiger partial charge on any atom is 0.303 e. The number of aliphatic hydroxyl groups is 8. The highest BCUT2D eigenvalue weighted by atomic mass is 16.7. The molecule has 0 amide bonds. The Bertz CT molecular complexity index is 1570. The predicted octanol–water partition coefficient (Wildman–Crippen LogP) is 1.29. The molecule has 3 aliphatic heterocycles. The summed E-state index contributed by atoms with van der Waals surface area (Å²) in [6.07, 6.45) is -7.66. The van der Waals surface area contributed by atoms with E-state index in [1.807, 2.05) is 0 Å². The highest BCUT2D eigenvalue weighted by Crippen LogP contribution is 2.89. The third kappa shape index (κ3) is 6.17. The molecule has 8 rings (SSSR count). The van der Waals surface area contributed by atoms with Crippen LogP contribution in [0.3, 0.4) is 0 Å². The number of hydrogen-bond donors (Lipinski definition) is 8. The van der Waals surface area contributed by atoms with E-state index < -0.39 is 103 Å². The number of carbonyl (C=O) groups excluding carboxylic acids is 1. The highest BCUT2D eigenvalue weighted by molar-refractivity contribution is 5.66. The molecule has 21 atom stereocenters. The van der Waals surface area contributed by atoms with Gasteiger partial charge in [-0.2, -0.15) is 0 Å². The van der Waals surface area contributed by atoms with E-state index in [1.165, 1.54) is 6.92 Å². The molecule has 5 saturated carbocycles. The second kappa shape index (κ2) is 14.2. The van der Waals surface area contributed by atoms with E-state index in [9.17, 15) is 45.6 Å². The zero-order valence-electron chi connectivity index (χ0n) is 35.5. The normalized spacial score (nSPS) is 56.1. The summed E-state index contributed by atoms with van der Waals surface area (Å²) in [5.74, 6) is -0.931. The number of carbonyl (C=O) groups is 1. The van der Waals surface area contributed by atoms with Gasteiger partial charge in [0.1, 0.15) is 36.6 Å². The summed E-state index contributed by atoms with van der Waals surface area (Å²) < 4.78 is 37.8. The van der Waals surface area contributed by atoms with Crippen LogP contribution in [0.2, 0.25) is 0 Å². The van der Waals surface area contributed by atoms with Gasteiger partial charge in [0.15, 0.2) is 18.7 Å². The molecule has 0 aromatic rings. The average molecular weight is 827 g/mol. The number of hydrogen-bond acceptors (Lipinski definition) is 15. The van der Waals surface area contributed by atoms with Crippen LogP contribution in [-0.2, 0) is 33.2 Å². The largest absolute Gasteiger partial charge is 0.454 e. The topological polar surface area (TPSA) is 234 Å². The minimum Gasteiger partial charge on any atom is -0.454 e. The van der Waals surface area contributed by atoms with E-state index in [0.29, 0.717) is 25.7 Å². The summed E-state index contributed by atoms with van der Waals surface area (Å²) in [6, 6.07) is 0. The van der Waals surface area contributed by atoms with Gasteiger partial charge in [0.25, 0.3) is 0 Å².